The molecule has 0 unspecified atom stereocenters. The molecule has 14 heavy (non-hydrogen) atoms. The van der Waals surface area contributed by atoms with Gasteiger partial charge in [-0.05, 0) is 20.8 Å². The van der Waals surface area contributed by atoms with Crippen LogP contribution in [-0.2, 0) is 9.53 Å². The van der Waals surface area contributed by atoms with Crippen molar-refractivity contribution in [3.63, 3.8) is 0 Å². The molecule has 0 aliphatic heterocycles. The molecule has 0 saturated carbocycles. The SMILES string of the molecule is CCN(N)/C(=C\N)COC(C)(C)C=O. The van der Waals surface area contributed by atoms with Crippen LogP contribution in [0.25, 0.3) is 0 Å². The number of ether oxygens (including phenoxy) is 1. The van der Waals surface area contributed by atoms with Gasteiger partial charge in [0.05, 0.1) is 12.3 Å². The van der Waals surface area contributed by atoms with Crippen LogP contribution < -0.4 is 11.6 Å². The molecule has 4 N–H and O–H groups in total. The molecule has 5 nitrogen and oxygen atoms in total. The molecule has 0 bridgehead atoms. The van der Waals surface area contributed by atoms with Crippen molar-refractivity contribution in [3.8, 4) is 0 Å². The van der Waals surface area contributed by atoms with Crippen LogP contribution in [0.3, 0.4) is 0 Å². The van der Waals surface area contributed by atoms with E-state index in [-0.39, 0.29) is 6.61 Å². The molecule has 0 saturated heterocycles. The Morgan fingerprint density at radius 2 is 2.14 bits per heavy atom. The molecule has 0 aromatic heterocycles. The summed E-state index contributed by atoms with van der Waals surface area (Å²) in [7, 11) is 0. The number of hydrogen-bond donors (Lipinski definition) is 2. The molecular formula is C9H19N3O2. The lowest BCUT2D eigenvalue weighted by Gasteiger charge is -2.24. The van der Waals surface area contributed by atoms with E-state index in [1.54, 1.807) is 13.8 Å². The first-order valence-corrected chi connectivity index (χ1v) is 4.50. The second kappa shape index (κ2) is 5.62. The van der Waals surface area contributed by atoms with Gasteiger partial charge in [0.15, 0.2) is 6.29 Å². The Bertz CT molecular complexity index is 214. The highest BCUT2D eigenvalue weighted by atomic mass is 16.5. The summed E-state index contributed by atoms with van der Waals surface area (Å²) >= 11 is 0. The van der Waals surface area contributed by atoms with Crippen LogP contribution in [0.15, 0.2) is 11.9 Å². The number of carbonyl (C=O) groups is 1. The van der Waals surface area contributed by atoms with Gasteiger partial charge in [-0.2, -0.15) is 0 Å². The van der Waals surface area contributed by atoms with Gasteiger partial charge in [0.2, 0.25) is 0 Å². The fourth-order valence-electron chi connectivity index (χ4n) is 0.724. The van der Waals surface area contributed by atoms with Crippen LogP contribution in [0.4, 0.5) is 0 Å². The summed E-state index contributed by atoms with van der Waals surface area (Å²) in [4.78, 5) is 10.5. The smallest absolute Gasteiger partial charge is 0.151 e. The third-order valence-corrected chi connectivity index (χ3v) is 1.78. The molecule has 0 aromatic carbocycles. The zero-order valence-corrected chi connectivity index (χ0v) is 8.99. The first-order chi connectivity index (χ1) is 6.46. The molecule has 0 aliphatic carbocycles. The molecule has 0 rings (SSSR count). The van der Waals surface area contributed by atoms with Crippen molar-refractivity contribution in [3.05, 3.63) is 11.9 Å². The monoisotopic (exact) mass is 201 g/mol. The lowest BCUT2D eigenvalue weighted by Crippen LogP contribution is -2.35. The van der Waals surface area contributed by atoms with E-state index in [1.165, 1.54) is 11.2 Å². The quantitative estimate of drug-likeness (QED) is 0.358. The molecule has 0 atom stereocenters. The van der Waals surface area contributed by atoms with Gasteiger partial charge >= 0.3 is 0 Å². The Balaban J connectivity index is 4.17. The van der Waals surface area contributed by atoms with Crippen molar-refractivity contribution in [1.82, 2.24) is 5.01 Å². The van der Waals surface area contributed by atoms with E-state index in [0.717, 1.165) is 6.29 Å². The summed E-state index contributed by atoms with van der Waals surface area (Å²) in [5, 5.41) is 1.47. The molecular weight excluding hydrogens is 182 g/mol. The number of nitrogens with zero attached hydrogens (tertiary/aromatic N) is 1. The maximum atomic E-state index is 10.5. The van der Waals surface area contributed by atoms with E-state index in [0.29, 0.717) is 12.2 Å². The topological polar surface area (TPSA) is 81.6 Å². The minimum Gasteiger partial charge on any atom is -0.403 e. The largest absolute Gasteiger partial charge is 0.403 e. The molecule has 82 valence electrons. The highest BCUT2D eigenvalue weighted by molar-refractivity contribution is 5.60. The zero-order chi connectivity index (χ0) is 11.2. The van der Waals surface area contributed by atoms with Gasteiger partial charge in [-0.25, -0.2) is 5.84 Å². The summed E-state index contributed by atoms with van der Waals surface area (Å²) in [5.74, 6) is 5.62. The Hall–Kier alpha value is -1.07. The van der Waals surface area contributed by atoms with E-state index in [1.807, 2.05) is 6.92 Å². The fraction of sp³-hybridized carbons (Fsp3) is 0.667. The lowest BCUT2D eigenvalue weighted by molar-refractivity contribution is -0.126. The van der Waals surface area contributed by atoms with Crippen LogP contribution in [0.1, 0.15) is 20.8 Å². The Kier molecular flexibility index (Phi) is 5.19. The van der Waals surface area contributed by atoms with E-state index < -0.39 is 5.60 Å². The summed E-state index contributed by atoms with van der Waals surface area (Å²) < 4.78 is 5.32. The maximum absolute atomic E-state index is 10.5. The van der Waals surface area contributed by atoms with E-state index in [4.69, 9.17) is 16.3 Å². The number of carbonyl (C=O) groups excluding carboxylic acids is 1. The minimum absolute atomic E-state index is 0.229. The number of likely N-dealkylation sites (N-methyl/N-ethyl adjacent to an activating group) is 1. The van der Waals surface area contributed by atoms with Crippen LogP contribution in [0, 0.1) is 0 Å². The highest BCUT2D eigenvalue weighted by Gasteiger charge is 2.18. The van der Waals surface area contributed by atoms with Gasteiger partial charge in [-0.1, -0.05) is 0 Å². The summed E-state index contributed by atoms with van der Waals surface area (Å²) in [6, 6.07) is 0. The zero-order valence-electron chi connectivity index (χ0n) is 8.99. The first-order valence-electron chi connectivity index (χ1n) is 4.50. The van der Waals surface area contributed by atoms with Crippen molar-refractivity contribution < 1.29 is 9.53 Å². The molecule has 0 aliphatic rings. The minimum atomic E-state index is -0.803. The summed E-state index contributed by atoms with van der Waals surface area (Å²) in [5.41, 5.74) is 5.22. The van der Waals surface area contributed by atoms with Gasteiger partial charge in [-0.15, -0.1) is 0 Å². The van der Waals surface area contributed by atoms with Crippen molar-refractivity contribution in [2.45, 2.75) is 26.4 Å². The van der Waals surface area contributed by atoms with Crippen molar-refractivity contribution in [1.29, 1.82) is 0 Å². The number of hydrogen-bond acceptors (Lipinski definition) is 5. The lowest BCUT2D eigenvalue weighted by atomic mass is 10.2. The predicted molar refractivity (Wildman–Crippen MR) is 54.9 cm³/mol. The number of rotatable bonds is 6. The Labute approximate surface area is 84.7 Å². The van der Waals surface area contributed by atoms with Crippen LogP contribution in [-0.4, -0.2) is 30.0 Å². The molecule has 0 amide bonds. The second-order valence-electron chi connectivity index (χ2n) is 3.45. The molecule has 5 heteroatoms. The molecule has 0 heterocycles. The van der Waals surface area contributed by atoms with Crippen molar-refractivity contribution in [2.75, 3.05) is 13.2 Å². The molecule has 0 spiro atoms. The standard InChI is InChI=1S/C9H19N3O2/c1-4-12(11)8(5-10)6-14-9(2,3)7-13/h5,7H,4,6,10-11H2,1-3H3/b8-5-. The third-order valence-electron chi connectivity index (χ3n) is 1.78. The Morgan fingerprint density at radius 3 is 2.50 bits per heavy atom. The second-order valence-corrected chi connectivity index (χ2v) is 3.45. The van der Waals surface area contributed by atoms with E-state index in [2.05, 4.69) is 0 Å². The fourth-order valence-corrected chi connectivity index (χ4v) is 0.724. The van der Waals surface area contributed by atoms with Gasteiger partial charge in [-0.3, -0.25) is 0 Å². The van der Waals surface area contributed by atoms with E-state index >= 15 is 0 Å². The van der Waals surface area contributed by atoms with Crippen molar-refractivity contribution >= 4 is 6.29 Å². The summed E-state index contributed by atoms with van der Waals surface area (Å²) in [6.45, 7) is 6.12. The average molecular weight is 201 g/mol. The molecule has 0 fully saturated rings. The van der Waals surface area contributed by atoms with Crippen LogP contribution in [0.2, 0.25) is 0 Å². The first kappa shape index (κ1) is 12.9. The maximum Gasteiger partial charge on any atom is 0.151 e. The molecule has 0 aromatic rings. The van der Waals surface area contributed by atoms with Gasteiger partial charge in [0.25, 0.3) is 0 Å². The number of nitrogens with two attached hydrogens (primary N) is 2. The molecule has 0 radical (unpaired) electrons. The van der Waals surface area contributed by atoms with E-state index in [9.17, 15) is 4.79 Å². The normalized spacial score (nSPS) is 12.7. The van der Waals surface area contributed by atoms with Gasteiger partial charge in [0.1, 0.15) is 5.60 Å². The average Bonchev–Trinajstić information content (AvgIpc) is 2.18. The number of aldehydes is 1. The predicted octanol–water partition coefficient (Wildman–Crippen LogP) is -0.0238. The highest BCUT2D eigenvalue weighted by Crippen LogP contribution is 2.08. The number of hydrazine groups is 1. The van der Waals surface area contributed by atoms with Crippen LogP contribution in [0.5, 0.6) is 0 Å². The van der Waals surface area contributed by atoms with Gasteiger partial charge in [0, 0.05) is 12.7 Å². The van der Waals surface area contributed by atoms with Crippen molar-refractivity contribution in [2.24, 2.45) is 11.6 Å². The summed E-state index contributed by atoms with van der Waals surface area (Å²) in [6.07, 6.45) is 2.12. The van der Waals surface area contributed by atoms with Gasteiger partial charge < -0.3 is 20.3 Å². The van der Waals surface area contributed by atoms with Crippen LogP contribution >= 0.6 is 0 Å². The Morgan fingerprint density at radius 1 is 1.57 bits per heavy atom. The third kappa shape index (κ3) is 4.25.